The minimum atomic E-state index is -0.663. The van der Waals surface area contributed by atoms with Crippen LogP contribution in [0.5, 0.6) is 11.5 Å². The van der Waals surface area contributed by atoms with Crippen LogP contribution in [-0.2, 0) is 4.79 Å². The van der Waals surface area contributed by atoms with Crippen LogP contribution in [0.25, 0.3) is 0 Å². The third kappa shape index (κ3) is 3.66. The van der Waals surface area contributed by atoms with Crippen molar-refractivity contribution in [2.24, 2.45) is 5.92 Å². The highest BCUT2D eigenvalue weighted by Gasteiger charge is 2.45. The van der Waals surface area contributed by atoms with Gasteiger partial charge in [-0.25, -0.2) is 4.79 Å². The fourth-order valence-electron chi connectivity index (χ4n) is 5.56. The summed E-state index contributed by atoms with van der Waals surface area (Å²) in [7, 11) is 0. The number of esters is 1. The molecule has 2 bridgehead atoms. The van der Waals surface area contributed by atoms with Gasteiger partial charge in [0.2, 0.25) is 5.91 Å². The fraction of sp³-hybridized carbons (Fsp3) is 0.133. The number of ether oxygens (including phenoxy) is 1. The lowest BCUT2D eigenvalue weighted by Gasteiger charge is -2.44. The molecule has 4 aromatic carbocycles. The standard InChI is InChI=1S/C30H23NO4/c32-27-16-18(14-15-24(27)30(34)35-19-8-2-1-3-9-19)31-29(33)26-17-25-20-10-4-6-12-22(20)28(26)23-13-7-5-11-21(23)25/h1-16,25-26,28,32H,17H2,(H,31,33). The number of para-hydroxylation sites is 1. The second-order valence-electron chi connectivity index (χ2n) is 9.05. The molecule has 5 heteroatoms. The van der Waals surface area contributed by atoms with E-state index in [0.717, 1.165) is 6.42 Å². The first-order chi connectivity index (χ1) is 17.1. The minimum absolute atomic E-state index is 0.0129. The number of aromatic hydroxyl groups is 1. The summed E-state index contributed by atoms with van der Waals surface area (Å²) in [6.07, 6.45) is 0.734. The van der Waals surface area contributed by atoms with E-state index in [1.807, 2.05) is 18.2 Å². The van der Waals surface area contributed by atoms with Crippen molar-refractivity contribution in [1.29, 1.82) is 0 Å². The molecule has 1 atom stereocenters. The van der Waals surface area contributed by atoms with Gasteiger partial charge in [0.05, 0.1) is 5.92 Å². The molecule has 0 saturated carbocycles. The number of amides is 1. The quantitative estimate of drug-likeness (QED) is 0.295. The summed E-state index contributed by atoms with van der Waals surface area (Å²) in [5, 5.41) is 13.4. The van der Waals surface area contributed by atoms with Crippen molar-refractivity contribution in [1.82, 2.24) is 0 Å². The van der Waals surface area contributed by atoms with Crippen molar-refractivity contribution in [3.05, 3.63) is 125 Å². The van der Waals surface area contributed by atoms with Gasteiger partial charge in [-0.05, 0) is 52.9 Å². The van der Waals surface area contributed by atoms with E-state index in [1.165, 1.54) is 34.4 Å². The zero-order valence-corrected chi connectivity index (χ0v) is 18.8. The average molecular weight is 462 g/mol. The van der Waals surface area contributed by atoms with Gasteiger partial charge >= 0.3 is 5.97 Å². The van der Waals surface area contributed by atoms with Crippen LogP contribution in [0.15, 0.2) is 97.1 Å². The Morgan fingerprint density at radius 2 is 1.37 bits per heavy atom. The molecule has 3 aliphatic rings. The smallest absolute Gasteiger partial charge is 0.347 e. The number of carbonyl (C=O) groups excluding carboxylic acids is 2. The van der Waals surface area contributed by atoms with Crippen LogP contribution in [0.2, 0.25) is 0 Å². The Labute approximate surface area is 203 Å². The first-order valence-electron chi connectivity index (χ1n) is 11.7. The Bertz CT molecular complexity index is 1400. The first kappa shape index (κ1) is 21.2. The molecule has 4 aromatic rings. The molecular formula is C30H23NO4. The van der Waals surface area contributed by atoms with E-state index in [1.54, 1.807) is 30.3 Å². The van der Waals surface area contributed by atoms with Gasteiger partial charge in [-0.3, -0.25) is 4.79 Å². The summed E-state index contributed by atoms with van der Waals surface area (Å²) < 4.78 is 5.31. The fourth-order valence-corrected chi connectivity index (χ4v) is 5.56. The van der Waals surface area contributed by atoms with Crippen molar-refractivity contribution in [2.45, 2.75) is 18.3 Å². The van der Waals surface area contributed by atoms with E-state index in [0.29, 0.717) is 11.4 Å². The molecule has 0 aliphatic heterocycles. The number of nitrogens with one attached hydrogen (secondary N) is 1. The van der Waals surface area contributed by atoms with Crippen LogP contribution in [0.3, 0.4) is 0 Å². The van der Waals surface area contributed by atoms with E-state index >= 15 is 0 Å². The molecule has 1 amide bonds. The molecule has 7 rings (SSSR count). The van der Waals surface area contributed by atoms with Crippen LogP contribution in [0.4, 0.5) is 5.69 Å². The maximum absolute atomic E-state index is 13.5. The van der Waals surface area contributed by atoms with E-state index in [4.69, 9.17) is 4.74 Å². The zero-order valence-electron chi connectivity index (χ0n) is 18.8. The van der Waals surface area contributed by atoms with Crippen molar-refractivity contribution in [2.75, 3.05) is 5.32 Å². The predicted octanol–water partition coefficient (Wildman–Crippen LogP) is 5.85. The zero-order chi connectivity index (χ0) is 23.9. The summed E-state index contributed by atoms with van der Waals surface area (Å²) in [6, 6.07) is 29.9. The third-order valence-corrected chi connectivity index (χ3v) is 7.08. The molecule has 0 saturated heterocycles. The normalized spacial score (nSPS) is 19.4. The van der Waals surface area contributed by atoms with Gasteiger partial charge in [-0.2, -0.15) is 0 Å². The topological polar surface area (TPSA) is 75.6 Å². The second kappa shape index (κ2) is 8.44. The van der Waals surface area contributed by atoms with E-state index in [-0.39, 0.29) is 35.0 Å². The molecule has 5 nitrogen and oxygen atoms in total. The Morgan fingerprint density at radius 1 is 0.771 bits per heavy atom. The molecule has 0 spiro atoms. The highest BCUT2D eigenvalue weighted by molar-refractivity contribution is 5.97. The number of hydrogen-bond acceptors (Lipinski definition) is 4. The van der Waals surface area contributed by atoms with Crippen LogP contribution < -0.4 is 10.1 Å². The summed E-state index contributed by atoms with van der Waals surface area (Å²) in [4.78, 5) is 25.9. The van der Waals surface area contributed by atoms with Crippen molar-refractivity contribution < 1.29 is 19.4 Å². The maximum atomic E-state index is 13.5. The SMILES string of the molecule is O=C(Oc1ccccc1)c1ccc(NC(=O)C2CC3c4ccccc4C2c2ccccc23)cc1O. The lowest BCUT2D eigenvalue weighted by Crippen LogP contribution is -2.38. The Kier molecular flexibility index (Phi) is 5.10. The van der Waals surface area contributed by atoms with Gasteiger partial charge in [-0.1, -0.05) is 66.7 Å². The third-order valence-electron chi connectivity index (χ3n) is 7.08. The summed E-state index contributed by atoms with van der Waals surface area (Å²) in [5.41, 5.74) is 5.51. The number of anilines is 1. The number of hydrogen-bond donors (Lipinski definition) is 2. The van der Waals surface area contributed by atoms with E-state index < -0.39 is 5.97 Å². The minimum Gasteiger partial charge on any atom is -0.507 e. The Morgan fingerprint density at radius 3 is 2.00 bits per heavy atom. The maximum Gasteiger partial charge on any atom is 0.347 e. The molecule has 0 fully saturated rings. The van der Waals surface area contributed by atoms with Gasteiger partial charge < -0.3 is 15.2 Å². The Hall–Kier alpha value is -4.38. The number of carbonyl (C=O) groups is 2. The highest BCUT2D eigenvalue weighted by atomic mass is 16.5. The number of phenolic OH excluding ortho intramolecular Hbond substituents is 1. The van der Waals surface area contributed by atoms with E-state index in [9.17, 15) is 14.7 Å². The summed E-state index contributed by atoms with van der Waals surface area (Å²) in [5.74, 6) is -0.665. The summed E-state index contributed by atoms with van der Waals surface area (Å²) in [6.45, 7) is 0. The molecule has 35 heavy (non-hydrogen) atoms. The molecule has 1 unspecified atom stereocenters. The highest BCUT2D eigenvalue weighted by Crippen LogP contribution is 2.55. The van der Waals surface area contributed by atoms with Crippen molar-refractivity contribution in [3.8, 4) is 11.5 Å². The molecule has 0 aromatic heterocycles. The van der Waals surface area contributed by atoms with Gasteiger partial charge in [0.1, 0.15) is 17.1 Å². The van der Waals surface area contributed by atoms with Crippen molar-refractivity contribution in [3.63, 3.8) is 0 Å². The van der Waals surface area contributed by atoms with Crippen molar-refractivity contribution >= 4 is 17.6 Å². The van der Waals surface area contributed by atoms with Gasteiger partial charge in [0, 0.05) is 23.6 Å². The number of benzene rings is 4. The monoisotopic (exact) mass is 461 g/mol. The molecule has 0 heterocycles. The van der Waals surface area contributed by atoms with E-state index in [2.05, 4.69) is 41.7 Å². The molecule has 0 radical (unpaired) electrons. The van der Waals surface area contributed by atoms with Gasteiger partial charge in [0.15, 0.2) is 0 Å². The number of phenols is 1. The molecule has 3 aliphatic carbocycles. The Balaban J connectivity index is 1.24. The average Bonchev–Trinajstić information content (AvgIpc) is 2.89. The van der Waals surface area contributed by atoms with Gasteiger partial charge in [0.25, 0.3) is 0 Å². The summed E-state index contributed by atoms with van der Waals surface area (Å²) >= 11 is 0. The largest absolute Gasteiger partial charge is 0.507 e. The molecule has 172 valence electrons. The van der Waals surface area contributed by atoms with Crippen LogP contribution in [-0.4, -0.2) is 17.0 Å². The predicted molar refractivity (Wildman–Crippen MR) is 133 cm³/mol. The number of rotatable bonds is 4. The molecule has 2 N–H and O–H groups in total. The van der Waals surface area contributed by atoms with Gasteiger partial charge in [-0.15, -0.1) is 0 Å². The second-order valence-corrected chi connectivity index (χ2v) is 9.05. The number of fused-ring (bicyclic) bond motifs is 1. The van der Waals surface area contributed by atoms with Crippen LogP contribution >= 0.6 is 0 Å². The lowest BCUT2D eigenvalue weighted by atomic mass is 9.59. The first-order valence-corrected chi connectivity index (χ1v) is 11.7. The van der Waals surface area contributed by atoms with Crippen LogP contribution in [0, 0.1) is 5.92 Å². The lowest BCUT2D eigenvalue weighted by molar-refractivity contribution is -0.121. The molecular weight excluding hydrogens is 438 g/mol. The van der Waals surface area contributed by atoms with Crippen LogP contribution in [0.1, 0.15) is 50.9 Å².